The monoisotopic (exact) mass is 232 g/mol. The van der Waals surface area contributed by atoms with E-state index in [9.17, 15) is 13.2 Å². The Bertz CT molecular complexity index is 346. The summed E-state index contributed by atoms with van der Waals surface area (Å²) in [6.45, 7) is 2.27. The average molecular weight is 232 g/mol. The van der Waals surface area contributed by atoms with Gasteiger partial charge in [-0.1, -0.05) is 0 Å². The van der Waals surface area contributed by atoms with E-state index in [0.29, 0.717) is 12.5 Å². The Balaban J connectivity index is 1.91. The Morgan fingerprint density at radius 2 is 2.12 bits per heavy atom. The van der Waals surface area contributed by atoms with E-state index < -0.39 is 11.7 Å². The van der Waals surface area contributed by atoms with Crippen LogP contribution in [-0.4, -0.2) is 24.7 Å². The van der Waals surface area contributed by atoms with Gasteiger partial charge in [0.1, 0.15) is 0 Å². The molecule has 0 aliphatic carbocycles. The Kier molecular flexibility index (Phi) is 3.00. The van der Waals surface area contributed by atoms with Gasteiger partial charge < -0.3 is 10.1 Å². The van der Waals surface area contributed by atoms with Crippen molar-refractivity contribution in [3.05, 3.63) is 23.9 Å². The molecule has 16 heavy (non-hydrogen) atoms. The van der Waals surface area contributed by atoms with Gasteiger partial charge in [0, 0.05) is 31.3 Å². The SMILES string of the molecule is FC(F)(F)c1ccc(OCC2CNC2)nc1. The standard InChI is InChI=1S/C10H11F3N2O/c11-10(12,13)8-1-2-9(15-5-8)16-6-7-3-14-4-7/h1-2,5,7,14H,3-4,6H2. The zero-order valence-corrected chi connectivity index (χ0v) is 8.42. The second-order valence-electron chi connectivity index (χ2n) is 3.72. The van der Waals surface area contributed by atoms with Crippen LogP contribution in [0.3, 0.4) is 0 Å². The van der Waals surface area contributed by atoms with Gasteiger partial charge in [0.15, 0.2) is 0 Å². The molecule has 3 nitrogen and oxygen atoms in total. The predicted molar refractivity (Wildman–Crippen MR) is 51.1 cm³/mol. The first-order valence-corrected chi connectivity index (χ1v) is 4.92. The van der Waals surface area contributed by atoms with Crippen LogP contribution in [0.15, 0.2) is 18.3 Å². The smallest absolute Gasteiger partial charge is 0.417 e. The van der Waals surface area contributed by atoms with Gasteiger partial charge in [0.25, 0.3) is 0 Å². The predicted octanol–water partition coefficient (Wildman–Crippen LogP) is 1.70. The lowest BCUT2D eigenvalue weighted by atomic mass is 10.1. The van der Waals surface area contributed by atoms with E-state index in [1.807, 2.05) is 0 Å². The van der Waals surface area contributed by atoms with Crippen molar-refractivity contribution in [1.82, 2.24) is 10.3 Å². The number of aromatic nitrogens is 1. The molecule has 0 aromatic carbocycles. The first-order chi connectivity index (χ1) is 7.55. The van der Waals surface area contributed by atoms with Crippen LogP contribution in [0.5, 0.6) is 5.88 Å². The zero-order valence-electron chi connectivity index (χ0n) is 8.42. The van der Waals surface area contributed by atoms with Crippen LogP contribution in [0.25, 0.3) is 0 Å². The summed E-state index contributed by atoms with van der Waals surface area (Å²) < 4.78 is 41.9. The van der Waals surface area contributed by atoms with Gasteiger partial charge in [0.2, 0.25) is 5.88 Å². The number of nitrogens with one attached hydrogen (secondary N) is 1. The van der Waals surface area contributed by atoms with Crippen LogP contribution in [0.4, 0.5) is 13.2 Å². The lowest BCUT2D eigenvalue weighted by molar-refractivity contribution is -0.137. The van der Waals surface area contributed by atoms with Crippen LogP contribution < -0.4 is 10.1 Å². The minimum Gasteiger partial charge on any atom is -0.477 e. The maximum absolute atomic E-state index is 12.2. The molecule has 0 spiro atoms. The fraction of sp³-hybridized carbons (Fsp3) is 0.500. The van der Waals surface area contributed by atoms with E-state index in [1.165, 1.54) is 6.07 Å². The molecule has 0 radical (unpaired) electrons. The topological polar surface area (TPSA) is 34.1 Å². The molecule has 0 bridgehead atoms. The number of halogens is 3. The summed E-state index contributed by atoms with van der Waals surface area (Å²) >= 11 is 0. The molecule has 1 aliphatic rings. The normalized spacial score (nSPS) is 16.9. The van der Waals surface area contributed by atoms with Crippen LogP contribution >= 0.6 is 0 Å². The molecular weight excluding hydrogens is 221 g/mol. The summed E-state index contributed by atoms with van der Waals surface area (Å²) in [6.07, 6.45) is -3.56. The highest BCUT2D eigenvalue weighted by molar-refractivity contribution is 5.20. The van der Waals surface area contributed by atoms with Gasteiger partial charge in [-0.3, -0.25) is 0 Å². The number of hydrogen-bond acceptors (Lipinski definition) is 3. The molecule has 0 unspecified atom stereocenters. The van der Waals surface area contributed by atoms with Gasteiger partial charge in [-0.05, 0) is 6.07 Å². The summed E-state index contributed by atoms with van der Waals surface area (Å²) in [5.41, 5.74) is -0.759. The number of rotatable bonds is 3. The third-order valence-electron chi connectivity index (χ3n) is 2.40. The molecule has 1 fully saturated rings. The van der Waals surface area contributed by atoms with E-state index in [2.05, 4.69) is 10.3 Å². The van der Waals surface area contributed by atoms with Gasteiger partial charge in [-0.15, -0.1) is 0 Å². The Labute approximate surface area is 90.6 Å². The molecule has 6 heteroatoms. The van der Waals surface area contributed by atoms with E-state index in [1.54, 1.807) is 0 Å². The Morgan fingerprint density at radius 1 is 1.38 bits per heavy atom. The second kappa shape index (κ2) is 4.29. The van der Waals surface area contributed by atoms with Crippen LogP contribution in [-0.2, 0) is 6.18 Å². The molecule has 0 amide bonds. The number of hydrogen-bond donors (Lipinski definition) is 1. The molecule has 1 aromatic rings. The maximum atomic E-state index is 12.2. The summed E-state index contributed by atoms with van der Waals surface area (Å²) in [5, 5.41) is 3.08. The third-order valence-corrected chi connectivity index (χ3v) is 2.40. The van der Waals surface area contributed by atoms with Crippen molar-refractivity contribution in [3.8, 4) is 5.88 Å². The third kappa shape index (κ3) is 2.63. The molecule has 1 aromatic heterocycles. The maximum Gasteiger partial charge on any atom is 0.417 e. The van der Waals surface area contributed by atoms with Crippen molar-refractivity contribution < 1.29 is 17.9 Å². The number of pyridine rings is 1. The first-order valence-electron chi connectivity index (χ1n) is 4.92. The van der Waals surface area contributed by atoms with Crippen molar-refractivity contribution in [2.24, 2.45) is 5.92 Å². The summed E-state index contributed by atoms with van der Waals surface area (Å²) in [7, 11) is 0. The summed E-state index contributed by atoms with van der Waals surface area (Å²) in [4.78, 5) is 3.61. The summed E-state index contributed by atoms with van der Waals surface area (Å²) in [6, 6.07) is 2.22. The van der Waals surface area contributed by atoms with E-state index in [4.69, 9.17) is 4.74 Å². The average Bonchev–Trinajstić information content (AvgIpc) is 2.15. The second-order valence-corrected chi connectivity index (χ2v) is 3.72. The van der Waals surface area contributed by atoms with Crippen molar-refractivity contribution in [2.75, 3.05) is 19.7 Å². The van der Waals surface area contributed by atoms with Crippen molar-refractivity contribution in [3.63, 3.8) is 0 Å². The number of alkyl halides is 3. The molecule has 1 N–H and O–H groups in total. The van der Waals surface area contributed by atoms with Crippen molar-refractivity contribution in [1.29, 1.82) is 0 Å². The van der Waals surface area contributed by atoms with Gasteiger partial charge in [-0.2, -0.15) is 13.2 Å². The number of nitrogens with zero attached hydrogens (tertiary/aromatic N) is 1. The molecule has 2 heterocycles. The van der Waals surface area contributed by atoms with Gasteiger partial charge in [0.05, 0.1) is 12.2 Å². The lowest BCUT2D eigenvalue weighted by Gasteiger charge is -2.26. The molecular formula is C10H11F3N2O. The van der Waals surface area contributed by atoms with Crippen molar-refractivity contribution >= 4 is 0 Å². The van der Waals surface area contributed by atoms with E-state index in [0.717, 1.165) is 25.4 Å². The van der Waals surface area contributed by atoms with E-state index in [-0.39, 0.29) is 5.88 Å². The highest BCUT2D eigenvalue weighted by Crippen LogP contribution is 2.29. The number of ether oxygens (including phenoxy) is 1. The minimum atomic E-state index is -4.34. The van der Waals surface area contributed by atoms with Crippen LogP contribution in [0, 0.1) is 5.92 Å². The van der Waals surface area contributed by atoms with Gasteiger partial charge in [-0.25, -0.2) is 4.98 Å². The Hall–Kier alpha value is -1.30. The molecule has 0 atom stereocenters. The quantitative estimate of drug-likeness (QED) is 0.861. The van der Waals surface area contributed by atoms with E-state index >= 15 is 0 Å². The first kappa shape index (κ1) is 11.2. The van der Waals surface area contributed by atoms with Crippen LogP contribution in [0.1, 0.15) is 5.56 Å². The Morgan fingerprint density at radius 3 is 2.56 bits per heavy atom. The van der Waals surface area contributed by atoms with Gasteiger partial charge >= 0.3 is 6.18 Å². The zero-order chi connectivity index (χ0) is 11.6. The molecule has 1 saturated heterocycles. The van der Waals surface area contributed by atoms with Crippen molar-refractivity contribution in [2.45, 2.75) is 6.18 Å². The largest absolute Gasteiger partial charge is 0.477 e. The summed E-state index contributed by atoms with van der Waals surface area (Å²) in [5.74, 6) is 0.670. The highest BCUT2D eigenvalue weighted by Gasteiger charge is 2.30. The molecule has 0 saturated carbocycles. The fourth-order valence-electron chi connectivity index (χ4n) is 1.30. The molecule has 1 aliphatic heterocycles. The fourth-order valence-corrected chi connectivity index (χ4v) is 1.30. The highest BCUT2D eigenvalue weighted by atomic mass is 19.4. The lowest BCUT2D eigenvalue weighted by Crippen LogP contribution is -2.45. The van der Waals surface area contributed by atoms with Crippen LogP contribution in [0.2, 0.25) is 0 Å². The molecule has 2 rings (SSSR count). The molecule has 88 valence electrons. The minimum absolute atomic E-state index is 0.236.